The van der Waals surface area contributed by atoms with E-state index in [-0.39, 0.29) is 0 Å². The zero-order valence-electron chi connectivity index (χ0n) is 13.5. The molecule has 0 spiro atoms. The maximum atomic E-state index is 11.8. The van der Waals surface area contributed by atoms with E-state index in [0.717, 1.165) is 28.3 Å². The van der Waals surface area contributed by atoms with Crippen molar-refractivity contribution in [1.82, 2.24) is 10.2 Å². The van der Waals surface area contributed by atoms with Gasteiger partial charge in [0.2, 0.25) is 5.91 Å². The molecular weight excluding hydrogens is 304 g/mol. The first-order valence-electron chi connectivity index (χ1n) is 7.57. The lowest BCUT2D eigenvalue weighted by Crippen LogP contribution is -2.15. The molecule has 3 rings (SSSR count). The van der Waals surface area contributed by atoms with Crippen LogP contribution in [0, 0.1) is 13.8 Å². The zero-order chi connectivity index (χ0) is 17.1. The largest absolute Gasteiger partial charge is 0.466 e. The van der Waals surface area contributed by atoms with E-state index in [1.165, 1.54) is 0 Å². The number of aromatic nitrogens is 2. The van der Waals surface area contributed by atoms with Crippen molar-refractivity contribution in [2.45, 2.75) is 20.3 Å². The van der Waals surface area contributed by atoms with Gasteiger partial charge >= 0.3 is 0 Å². The van der Waals surface area contributed by atoms with Crippen molar-refractivity contribution in [3.05, 3.63) is 70.8 Å². The summed E-state index contributed by atoms with van der Waals surface area (Å²) in [5.41, 5.74) is 8.47. The predicted octanol–water partition coefficient (Wildman–Crippen LogP) is 3.12. The van der Waals surface area contributed by atoms with E-state index in [9.17, 15) is 4.79 Å². The highest BCUT2D eigenvalue weighted by Gasteiger charge is 2.15. The van der Waals surface area contributed by atoms with E-state index in [1.807, 2.05) is 38.1 Å². The highest BCUT2D eigenvalue weighted by Crippen LogP contribution is 2.27. The van der Waals surface area contributed by atoms with Crippen molar-refractivity contribution in [1.29, 1.82) is 0 Å². The summed E-state index contributed by atoms with van der Waals surface area (Å²) in [5.74, 6) is 1.74. The summed E-state index contributed by atoms with van der Waals surface area (Å²) in [5, 5.41) is 11.2. The maximum Gasteiger partial charge on any atom is 0.249 e. The Kier molecular flexibility index (Phi) is 4.29. The van der Waals surface area contributed by atoms with Crippen molar-refractivity contribution in [3.8, 4) is 0 Å². The van der Waals surface area contributed by atoms with Gasteiger partial charge in [-0.25, -0.2) is 0 Å². The van der Waals surface area contributed by atoms with Crippen molar-refractivity contribution >= 4 is 17.4 Å². The normalized spacial score (nSPS) is 10.6. The molecule has 122 valence electrons. The monoisotopic (exact) mass is 322 g/mol. The van der Waals surface area contributed by atoms with Crippen molar-refractivity contribution < 1.29 is 9.21 Å². The molecule has 2 aromatic heterocycles. The third kappa shape index (κ3) is 3.27. The minimum absolute atomic E-state index is 0.453. The van der Waals surface area contributed by atoms with Gasteiger partial charge in [0.25, 0.3) is 0 Å². The molecule has 0 fully saturated rings. The number of anilines is 2. The molecule has 0 atom stereocenters. The molecule has 3 N–H and O–H groups in total. The Labute approximate surface area is 139 Å². The number of hydrogen-bond donors (Lipinski definition) is 2. The van der Waals surface area contributed by atoms with Gasteiger partial charge in [-0.2, -0.15) is 5.10 Å². The van der Waals surface area contributed by atoms with Crippen LogP contribution in [0.1, 0.15) is 33.0 Å². The fraction of sp³-hybridized carbons (Fsp3) is 0.167. The van der Waals surface area contributed by atoms with Gasteiger partial charge < -0.3 is 15.5 Å². The number of primary amides is 1. The average molecular weight is 322 g/mol. The summed E-state index contributed by atoms with van der Waals surface area (Å²) in [6.45, 7) is 3.82. The number of carbonyl (C=O) groups is 1. The van der Waals surface area contributed by atoms with Crippen LogP contribution >= 0.6 is 0 Å². The molecule has 1 aromatic carbocycles. The summed E-state index contributed by atoms with van der Waals surface area (Å²) in [6.07, 6.45) is 2.08. The molecule has 6 nitrogen and oxygen atoms in total. The standard InChI is InChI=1S/C18H18N4O2/c1-11-8-9-20-22-18(11)21-16-5-3-4-14(17(19)23)15(16)10-13-7-6-12(2)24-13/h3-9H,10H2,1-2H3,(H2,19,23)(H,21,22). The van der Waals surface area contributed by atoms with Gasteiger partial charge in [0, 0.05) is 17.7 Å². The average Bonchev–Trinajstić information content (AvgIpc) is 2.96. The summed E-state index contributed by atoms with van der Waals surface area (Å²) in [7, 11) is 0. The summed E-state index contributed by atoms with van der Waals surface area (Å²) < 4.78 is 5.64. The Balaban J connectivity index is 2.03. The van der Waals surface area contributed by atoms with Crippen LogP contribution in [-0.2, 0) is 6.42 Å². The molecule has 6 heteroatoms. The van der Waals surface area contributed by atoms with Crippen molar-refractivity contribution in [3.63, 3.8) is 0 Å². The molecule has 0 aliphatic carbocycles. The minimum Gasteiger partial charge on any atom is -0.466 e. The Morgan fingerprint density at radius 2 is 2.04 bits per heavy atom. The van der Waals surface area contributed by atoms with Gasteiger partial charge in [0.1, 0.15) is 11.5 Å². The lowest BCUT2D eigenvalue weighted by Gasteiger charge is -2.14. The van der Waals surface area contributed by atoms with E-state index in [1.54, 1.807) is 18.3 Å². The van der Waals surface area contributed by atoms with Crippen LogP contribution in [0.3, 0.4) is 0 Å². The topological polar surface area (TPSA) is 94.0 Å². The number of nitrogens with one attached hydrogen (secondary N) is 1. The summed E-state index contributed by atoms with van der Waals surface area (Å²) >= 11 is 0. The molecule has 0 radical (unpaired) electrons. The molecule has 0 saturated carbocycles. The Hall–Kier alpha value is -3.15. The van der Waals surface area contributed by atoms with Crippen LogP contribution in [0.25, 0.3) is 0 Å². The molecule has 1 amide bonds. The van der Waals surface area contributed by atoms with Crippen LogP contribution < -0.4 is 11.1 Å². The first kappa shape index (κ1) is 15.7. The number of hydrogen-bond acceptors (Lipinski definition) is 5. The molecule has 0 bridgehead atoms. The fourth-order valence-electron chi connectivity index (χ4n) is 2.52. The second kappa shape index (κ2) is 6.54. The number of carbonyl (C=O) groups excluding carboxylic acids is 1. The highest BCUT2D eigenvalue weighted by molar-refractivity contribution is 5.96. The molecule has 24 heavy (non-hydrogen) atoms. The smallest absolute Gasteiger partial charge is 0.249 e. The van der Waals surface area contributed by atoms with Gasteiger partial charge in [0.05, 0.1) is 6.20 Å². The number of rotatable bonds is 5. The molecular formula is C18H18N4O2. The summed E-state index contributed by atoms with van der Waals surface area (Å²) in [6, 6.07) is 11.0. The number of furan rings is 1. The third-order valence-corrected chi connectivity index (χ3v) is 3.76. The van der Waals surface area contributed by atoms with Gasteiger partial charge in [-0.15, -0.1) is 5.10 Å². The van der Waals surface area contributed by atoms with E-state index >= 15 is 0 Å². The van der Waals surface area contributed by atoms with Crippen molar-refractivity contribution in [2.24, 2.45) is 5.73 Å². The number of nitrogens with zero attached hydrogens (tertiary/aromatic N) is 2. The SMILES string of the molecule is Cc1ccc(Cc2c(Nc3nnccc3C)cccc2C(N)=O)o1. The lowest BCUT2D eigenvalue weighted by molar-refractivity contribution is 0.0999. The van der Waals surface area contributed by atoms with E-state index in [4.69, 9.17) is 10.2 Å². The maximum absolute atomic E-state index is 11.8. The number of aryl methyl sites for hydroxylation is 2. The van der Waals surface area contributed by atoms with Gasteiger partial charge in [0.15, 0.2) is 5.82 Å². The van der Waals surface area contributed by atoms with Gasteiger partial charge in [-0.05, 0) is 55.3 Å². The molecule has 0 unspecified atom stereocenters. The highest BCUT2D eigenvalue weighted by atomic mass is 16.3. The van der Waals surface area contributed by atoms with Crippen LogP contribution in [-0.4, -0.2) is 16.1 Å². The molecule has 2 heterocycles. The Morgan fingerprint density at radius 3 is 2.71 bits per heavy atom. The first-order valence-corrected chi connectivity index (χ1v) is 7.57. The Morgan fingerprint density at radius 1 is 1.21 bits per heavy atom. The van der Waals surface area contributed by atoms with Crippen LogP contribution in [0.5, 0.6) is 0 Å². The second-order valence-corrected chi connectivity index (χ2v) is 5.57. The zero-order valence-corrected chi connectivity index (χ0v) is 13.5. The van der Waals surface area contributed by atoms with E-state index in [2.05, 4.69) is 15.5 Å². The molecule has 0 aliphatic heterocycles. The fourth-order valence-corrected chi connectivity index (χ4v) is 2.52. The van der Waals surface area contributed by atoms with E-state index < -0.39 is 5.91 Å². The molecule has 3 aromatic rings. The number of nitrogens with two attached hydrogens (primary N) is 1. The van der Waals surface area contributed by atoms with E-state index in [0.29, 0.717) is 17.8 Å². The van der Waals surface area contributed by atoms with Crippen LogP contribution in [0.2, 0.25) is 0 Å². The minimum atomic E-state index is -0.479. The first-order chi connectivity index (χ1) is 11.5. The Bertz CT molecular complexity index is 886. The van der Waals surface area contributed by atoms with Gasteiger partial charge in [-0.3, -0.25) is 4.79 Å². The summed E-state index contributed by atoms with van der Waals surface area (Å²) in [4.78, 5) is 11.8. The van der Waals surface area contributed by atoms with Gasteiger partial charge in [-0.1, -0.05) is 6.07 Å². The lowest BCUT2D eigenvalue weighted by atomic mass is 10.00. The molecule has 0 saturated heterocycles. The predicted molar refractivity (Wildman–Crippen MR) is 91.3 cm³/mol. The quantitative estimate of drug-likeness (QED) is 0.752. The molecule has 0 aliphatic rings. The second-order valence-electron chi connectivity index (χ2n) is 5.57. The number of amides is 1. The number of benzene rings is 1. The van der Waals surface area contributed by atoms with Crippen molar-refractivity contribution in [2.75, 3.05) is 5.32 Å². The van der Waals surface area contributed by atoms with Crippen LogP contribution in [0.4, 0.5) is 11.5 Å². The third-order valence-electron chi connectivity index (χ3n) is 3.76. The van der Waals surface area contributed by atoms with Crippen LogP contribution in [0.15, 0.2) is 47.0 Å².